The van der Waals surface area contributed by atoms with Crippen LogP contribution in [0.25, 0.3) is 0 Å². The largest absolute Gasteiger partial charge is 0.314 e. The lowest BCUT2D eigenvalue weighted by molar-refractivity contribution is 0.340. The van der Waals surface area contributed by atoms with Crippen LogP contribution in [0.15, 0.2) is 18.3 Å². The van der Waals surface area contributed by atoms with Crippen molar-refractivity contribution in [1.29, 1.82) is 0 Å². The topological polar surface area (TPSA) is 55.6 Å². The molecule has 1 N–H and O–H groups in total. The second-order valence-corrected chi connectivity index (χ2v) is 6.52. The van der Waals surface area contributed by atoms with Gasteiger partial charge in [-0.3, -0.25) is 4.98 Å². The molecule has 118 valence electrons. The van der Waals surface area contributed by atoms with Gasteiger partial charge in [0.1, 0.15) is 11.6 Å². The van der Waals surface area contributed by atoms with Crippen LogP contribution >= 0.6 is 0 Å². The van der Waals surface area contributed by atoms with Crippen LogP contribution in [0.4, 0.5) is 0 Å². The number of hydrogen-bond acceptors (Lipinski definition) is 4. The molecule has 0 saturated heterocycles. The van der Waals surface area contributed by atoms with Crippen molar-refractivity contribution in [3.63, 3.8) is 0 Å². The van der Waals surface area contributed by atoms with E-state index in [1.54, 1.807) is 0 Å². The molecular formula is C17H25N5. The maximum absolute atomic E-state index is 4.36. The summed E-state index contributed by atoms with van der Waals surface area (Å²) >= 11 is 0. The minimum Gasteiger partial charge on any atom is -0.314 e. The molecule has 0 aliphatic carbocycles. The van der Waals surface area contributed by atoms with Gasteiger partial charge in [-0.05, 0) is 37.4 Å². The first-order valence-electron chi connectivity index (χ1n) is 8.18. The Morgan fingerprint density at radius 2 is 2.23 bits per heavy atom. The van der Waals surface area contributed by atoms with Crippen molar-refractivity contribution >= 4 is 0 Å². The Bertz CT molecular complexity index is 632. The summed E-state index contributed by atoms with van der Waals surface area (Å²) in [5, 5.41) is 12.3. The van der Waals surface area contributed by atoms with Gasteiger partial charge in [0.25, 0.3) is 0 Å². The number of aromatic nitrogens is 4. The maximum atomic E-state index is 4.36. The SMILES string of the molecule is Cc1ncccc1CNC[C@H]1CCc2nnc(C(C)C)n2C1. The van der Waals surface area contributed by atoms with Crippen LogP contribution < -0.4 is 5.32 Å². The first kappa shape index (κ1) is 15.2. The Kier molecular flexibility index (Phi) is 4.52. The van der Waals surface area contributed by atoms with Gasteiger partial charge in [0, 0.05) is 37.3 Å². The Labute approximate surface area is 132 Å². The van der Waals surface area contributed by atoms with E-state index in [1.165, 1.54) is 12.0 Å². The zero-order chi connectivity index (χ0) is 15.5. The highest BCUT2D eigenvalue weighted by Crippen LogP contribution is 2.23. The molecule has 0 aromatic carbocycles. The van der Waals surface area contributed by atoms with E-state index >= 15 is 0 Å². The zero-order valence-corrected chi connectivity index (χ0v) is 13.7. The lowest BCUT2D eigenvalue weighted by Gasteiger charge is -2.25. The second-order valence-electron chi connectivity index (χ2n) is 6.52. The van der Waals surface area contributed by atoms with E-state index in [0.29, 0.717) is 11.8 Å². The lowest BCUT2D eigenvalue weighted by Crippen LogP contribution is -2.31. The fourth-order valence-corrected chi connectivity index (χ4v) is 3.12. The molecule has 0 saturated carbocycles. The highest BCUT2D eigenvalue weighted by atomic mass is 15.3. The number of nitrogens with one attached hydrogen (secondary N) is 1. The molecular weight excluding hydrogens is 274 g/mol. The third kappa shape index (κ3) is 3.19. The van der Waals surface area contributed by atoms with E-state index in [4.69, 9.17) is 0 Å². The van der Waals surface area contributed by atoms with E-state index < -0.39 is 0 Å². The van der Waals surface area contributed by atoms with Gasteiger partial charge >= 0.3 is 0 Å². The molecule has 22 heavy (non-hydrogen) atoms. The summed E-state index contributed by atoms with van der Waals surface area (Å²) in [5.74, 6) is 3.37. The highest BCUT2D eigenvalue weighted by Gasteiger charge is 2.23. The van der Waals surface area contributed by atoms with Gasteiger partial charge in [0.15, 0.2) is 0 Å². The molecule has 3 heterocycles. The summed E-state index contributed by atoms with van der Waals surface area (Å²) in [6.45, 7) is 9.39. The average molecular weight is 299 g/mol. The van der Waals surface area contributed by atoms with E-state index in [0.717, 1.165) is 43.4 Å². The van der Waals surface area contributed by atoms with Gasteiger partial charge in [-0.2, -0.15) is 0 Å². The Morgan fingerprint density at radius 1 is 1.36 bits per heavy atom. The van der Waals surface area contributed by atoms with Gasteiger partial charge in [-0.25, -0.2) is 0 Å². The molecule has 0 amide bonds. The van der Waals surface area contributed by atoms with Crippen LogP contribution in [-0.2, 0) is 19.5 Å². The molecule has 2 aromatic rings. The predicted molar refractivity (Wildman–Crippen MR) is 86.6 cm³/mol. The number of aryl methyl sites for hydroxylation is 2. The normalized spacial score (nSPS) is 17.7. The van der Waals surface area contributed by atoms with Crippen LogP contribution in [0.3, 0.4) is 0 Å². The number of nitrogens with zero attached hydrogens (tertiary/aromatic N) is 4. The molecule has 0 radical (unpaired) electrons. The summed E-state index contributed by atoms with van der Waals surface area (Å²) in [6.07, 6.45) is 4.08. The number of pyridine rings is 1. The van der Waals surface area contributed by atoms with E-state index in [1.807, 2.05) is 12.3 Å². The minimum atomic E-state index is 0.436. The van der Waals surface area contributed by atoms with Crippen molar-refractivity contribution in [2.24, 2.45) is 5.92 Å². The Morgan fingerprint density at radius 3 is 3.00 bits per heavy atom. The quantitative estimate of drug-likeness (QED) is 0.921. The monoisotopic (exact) mass is 299 g/mol. The Hall–Kier alpha value is -1.75. The van der Waals surface area contributed by atoms with Gasteiger partial charge in [0.05, 0.1) is 0 Å². The zero-order valence-electron chi connectivity index (χ0n) is 13.7. The molecule has 5 nitrogen and oxygen atoms in total. The van der Waals surface area contributed by atoms with Crippen molar-refractivity contribution in [1.82, 2.24) is 25.1 Å². The lowest BCUT2D eigenvalue weighted by atomic mass is 9.98. The van der Waals surface area contributed by atoms with Crippen molar-refractivity contribution in [2.45, 2.75) is 52.6 Å². The van der Waals surface area contributed by atoms with Crippen LogP contribution in [-0.4, -0.2) is 26.3 Å². The fourth-order valence-electron chi connectivity index (χ4n) is 3.12. The number of fused-ring (bicyclic) bond motifs is 1. The predicted octanol–water partition coefficient (Wildman–Crippen LogP) is 2.46. The number of hydrogen-bond donors (Lipinski definition) is 1. The van der Waals surface area contributed by atoms with Crippen LogP contribution in [0, 0.1) is 12.8 Å². The Balaban J connectivity index is 1.56. The molecule has 1 atom stereocenters. The van der Waals surface area contributed by atoms with Crippen LogP contribution in [0.5, 0.6) is 0 Å². The first-order valence-corrected chi connectivity index (χ1v) is 8.18. The second kappa shape index (κ2) is 6.57. The third-order valence-electron chi connectivity index (χ3n) is 4.45. The van der Waals surface area contributed by atoms with Gasteiger partial charge in [-0.1, -0.05) is 19.9 Å². The smallest absolute Gasteiger partial charge is 0.135 e. The van der Waals surface area contributed by atoms with Crippen molar-refractivity contribution in [3.8, 4) is 0 Å². The maximum Gasteiger partial charge on any atom is 0.135 e. The third-order valence-corrected chi connectivity index (χ3v) is 4.45. The summed E-state index contributed by atoms with van der Waals surface area (Å²) < 4.78 is 2.33. The van der Waals surface area contributed by atoms with Gasteiger partial charge in [-0.15, -0.1) is 10.2 Å². The first-order chi connectivity index (χ1) is 10.6. The van der Waals surface area contributed by atoms with Crippen LogP contribution in [0.2, 0.25) is 0 Å². The summed E-state index contributed by atoms with van der Waals surface area (Å²) in [4.78, 5) is 4.34. The van der Waals surface area contributed by atoms with Crippen LogP contribution in [0.1, 0.15) is 49.1 Å². The standard InChI is InChI=1S/C17H25N5/c1-12(2)17-21-20-16-7-6-14(11-22(16)17)9-18-10-15-5-4-8-19-13(15)3/h4-5,8,12,14,18H,6-7,9-11H2,1-3H3/t14-/m1/s1. The summed E-state index contributed by atoms with van der Waals surface area (Å²) in [5.41, 5.74) is 2.40. The van der Waals surface area contributed by atoms with Crippen molar-refractivity contribution in [2.75, 3.05) is 6.54 Å². The minimum absolute atomic E-state index is 0.436. The fraction of sp³-hybridized carbons (Fsp3) is 0.588. The molecule has 3 rings (SSSR count). The molecule has 1 aliphatic heterocycles. The highest BCUT2D eigenvalue weighted by molar-refractivity contribution is 5.17. The number of rotatable bonds is 5. The van der Waals surface area contributed by atoms with E-state index in [9.17, 15) is 0 Å². The van der Waals surface area contributed by atoms with Gasteiger partial charge in [0.2, 0.25) is 0 Å². The molecule has 1 aliphatic rings. The molecule has 0 unspecified atom stereocenters. The van der Waals surface area contributed by atoms with E-state index in [2.05, 4.69) is 51.9 Å². The molecule has 5 heteroatoms. The summed E-state index contributed by atoms with van der Waals surface area (Å²) in [6, 6.07) is 4.15. The molecule has 0 bridgehead atoms. The summed E-state index contributed by atoms with van der Waals surface area (Å²) in [7, 11) is 0. The molecule has 0 fully saturated rings. The molecule has 2 aromatic heterocycles. The van der Waals surface area contributed by atoms with Crippen molar-refractivity contribution < 1.29 is 0 Å². The molecule has 0 spiro atoms. The average Bonchev–Trinajstić information content (AvgIpc) is 2.92. The van der Waals surface area contributed by atoms with E-state index in [-0.39, 0.29) is 0 Å². The van der Waals surface area contributed by atoms with Crippen molar-refractivity contribution in [3.05, 3.63) is 41.2 Å². The van der Waals surface area contributed by atoms with Gasteiger partial charge < -0.3 is 9.88 Å².